The molecule has 0 fully saturated rings. The first-order valence-electron chi connectivity index (χ1n) is 6.60. The van der Waals surface area contributed by atoms with Crippen molar-refractivity contribution >= 4 is 5.96 Å². The smallest absolute Gasteiger partial charge is 0.191 e. The summed E-state index contributed by atoms with van der Waals surface area (Å²) in [6.07, 6.45) is 1.65. The number of aliphatic imine (C=N–C) groups is 1. The monoisotopic (exact) mass is 273 g/mol. The molecule has 0 aliphatic rings. The quantitative estimate of drug-likeness (QED) is 0.577. The Morgan fingerprint density at radius 2 is 2.00 bits per heavy atom. The molecule has 2 rings (SSSR count). The van der Waals surface area contributed by atoms with Crippen molar-refractivity contribution in [3.63, 3.8) is 0 Å². The van der Waals surface area contributed by atoms with E-state index in [9.17, 15) is 5.11 Å². The molecule has 3 N–H and O–H groups in total. The highest BCUT2D eigenvalue weighted by molar-refractivity contribution is 5.79. The Morgan fingerprint density at radius 1 is 1.20 bits per heavy atom. The second-order valence-electron chi connectivity index (χ2n) is 4.29. The van der Waals surface area contributed by atoms with Gasteiger partial charge in [-0.15, -0.1) is 0 Å². The highest BCUT2D eigenvalue weighted by Gasteiger charge is 2.00. The molecule has 0 bridgehead atoms. The largest absolute Gasteiger partial charge is 0.508 e. The first-order chi connectivity index (χ1) is 9.78. The summed E-state index contributed by atoms with van der Waals surface area (Å²) in [6, 6.07) is 10.8. The summed E-state index contributed by atoms with van der Waals surface area (Å²) >= 11 is 0. The highest BCUT2D eigenvalue weighted by Crippen LogP contribution is 2.10. The number of hydrogen-bond donors (Lipinski definition) is 3. The van der Waals surface area contributed by atoms with Crippen LogP contribution in [0.2, 0.25) is 0 Å². The number of guanidine groups is 1. The van der Waals surface area contributed by atoms with E-state index in [1.54, 1.807) is 18.4 Å². The number of nitrogens with one attached hydrogen (secondary N) is 2. The standard InChI is InChI=1S/C15H19N3O2/c1-2-16-15(18-11-14-4-3-9-20-14)17-10-12-5-7-13(19)8-6-12/h3-9,19H,2,10-11H2,1H3,(H2,16,17,18). The number of furan rings is 1. The number of phenolic OH excluding ortho intramolecular Hbond substituents is 1. The van der Waals surface area contributed by atoms with Crippen LogP contribution in [-0.4, -0.2) is 17.6 Å². The maximum atomic E-state index is 9.24. The molecule has 0 saturated carbocycles. The van der Waals surface area contributed by atoms with E-state index in [1.165, 1.54) is 0 Å². The molecule has 20 heavy (non-hydrogen) atoms. The van der Waals surface area contributed by atoms with Crippen molar-refractivity contribution < 1.29 is 9.52 Å². The molecule has 0 unspecified atom stereocenters. The van der Waals surface area contributed by atoms with Crippen LogP contribution in [0.1, 0.15) is 18.2 Å². The van der Waals surface area contributed by atoms with Crippen molar-refractivity contribution in [2.75, 3.05) is 6.54 Å². The SMILES string of the molecule is CCNC(=NCc1ccc(O)cc1)NCc1ccco1. The number of rotatable bonds is 5. The van der Waals surface area contributed by atoms with Crippen LogP contribution in [0.15, 0.2) is 52.1 Å². The first kappa shape index (κ1) is 14.0. The lowest BCUT2D eigenvalue weighted by Gasteiger charge is -2.10. The second kappa shape index (κ2) is 7.23. The van der Waals surface area contributed by atoms with Crippen LogP contribution >= 0.6 is 0 Å². The van der Waals surface area contributed by atoms with Crippen molar-refractivity contribution in [3.8, 4) is 5.75 Å². The van der Waals surface area contributed by atoms with Crippen LogP contribution in [0.25, 0.3) is 0 Å². The van der Waals surface area contributed by atoms with Gasteiger partial charge in [0.1, 0.15) is 11.5 Å². The average Bonchev–Trinajstić information content (AvgIpc) is 2.97. The molecule has 1 aromatic carbocycles. The molecule has 0 radical (unpaired) electrons. The van der Waals surface area contributed by atoms with Crippen molar-refractivity contribution in [1.82, 2.24) is 10.6 Å². The zero-order chi connectivity index (χ0) is 14.2. The molecule has 2 aromatic rings. The Kier molecular flexibility index (Phi) is 5.06. The normalized spacial score (nSPS) is 11.3. The van der Waals surface area contributed by atoms with Gasteiger partial charge in [-0.25, -0.2) is 4.99 Å². The van der Waals surface area contributed by atoms with E-state index in [4.69, 9.17) is 4.42 Å². The summed E-state index contributed by atoms with van der Waals surface area (Å²) in [5.74, 6) is 1.86. The Hall–Kier alpha value is -2.43. The van der Waals surface area contributed by atoms with Gasteiger partial charge in [-0.05, 0) is 36.8 Å². The maximum Gasteiger partial charge on any atom is 0.191 e. The summed E-state index contributed by atoms with van der Waals surface area (Å²) in [7, 11) is 0. The predicted octanol–water partition coefficient (Wildman–Crippen LogP) is 2.24. The summed E-state index contributed by atoms with van der Waals surface area (Å²) in [4.78, 5) is 4.48. The Balaban J connectivity index is 1.92. The Bertz CT molecular complexity index is 533. The summed E-state index contributed by atoms with van der Waals surface area (Å²) in [5, 5.41) is 15.6. The van der Waals surface area contributed by atoms with E-state index < -0.39 is 0 Å². The van der Waals surface area contributed by atoms with E-state index in [1.807, 2.05) is 31.2 Å². The van der Waals surface area contributed by atoms with Crippen molar-refractivity contribution in [2.24, 2.45) is 4.99 Å². The van der Waals surface area contributed by atoms with Gasteiger partial charge in [-0.1, -0.05) is 12.1 Å². The Morgan fingerprint density at radius 3 is 2.65 bits per heavy atom. The molecule has 0 spiro atoms. The minimum absolute atomic E-state index is 0.264. The van der Waals surface area contributed by atoms with E-state index in [0.717, 1.165) is 23.8 Å². The van der Waals surface area contributed by atoms with Crippen LogP contribution in [-0.2, 0) is 13.1 Å². The average molecular weight is 273 g/mol. The second-order valence-corrected chi connectivity index (χ2v) is 4.29. The topological polar surface area (TPSA) is 69.8 Å². The minimum Gasteiger partial charge on any atom is -0.508 e. The molecule has 1 heterocycles. The van der Waals surface area contributed by atoms with E-state index in [2.05, 4.69) is 15.6 Å². The number of phenols is 1. The fraction of sp³-hybridized carbons (Fsp3) is 0.267. The van der Waals surface area contributed by atoms with Crippen LogP contribution in [0.3, 0.4) is 0 Å². The molecule has 1 aromatic heterocycles. The van der Waals surface area contributed by atoms with Crippen molar-refractivity contribution in [3.05, 3.63) is 54.0 Å². The zero-order valence-electron chi connectivity index (χ0n) is 11.5. The third-order valence-corrected chi connectivity index (χ3v) is 2.71. The molecule has 5 nitrogen and oxygen atoms in total. The highest BCUT2D eigenvalue weighted by atomic mass is 16.3. The lowest BCUT2D eigenvalue weighted by molar-refractivity contribution is 0.475. The van der Waals surface area contributed by atoms with Gasteiger partial charge in [0.2, 0.25) is 0 Å². The molecule has 0 aliphatic carbocycles. The molecule has 5 heteroatoms. The fourth-order valence-corrected chi connectivity index (χ4v) is 1.70. The molecule has 0 amide bonds. The van der Waals surface area contributed by atoms with Crippen molar-refractivity contribution in [2.45, 2.75) is 20.0 Å². The molecular weight excluding hydrogens is 254 g/mol. The third kappa shape index (κ3) is 4.35. The number of nitrogens with zero attached hydrogens (tertiary/aromatic N) is 1. The van der Waals surface area contributed by atoms with Crippen LogP contribution < -0.4 is 10.6 Å². The number of benzene rings is 1. The van der Waals surface area contributed by atoms with Gasteiger partial charge in [0, 0.05) is 6.54 Å². The zero-order valence-corrected chi connectivity index (χ0v) is 11.5. The fourth-order valence-electron chi connectivity index (χ4n) is 1.70. The molecule has 0 saturated heterocycles. The van der Waals surface area contributed by atoms with Gasteiger partial charge in [0.25, 0.3) is 0 Å². The molecular formula is C15H19N3O2. The summed E-state index contributed by atoms with van der Waals surface area (Å²) < 4.78 is 5.26. The number of hydrogen-bond acceptors (Lipinski definition) is 3. The van der Waals surface area contributed by atoms with Crippen LogP contribution in [0, 0.1) is 0 Å². The predicted molar refractivity (Wildman–Crippen MR) is 78.5 cm³/mol. The maximum absolute atomic E-state index is 9.24. The number of aromatic hydroxyl groups is 1. The van der Waals surface area contributed by atoms with Gasteiger partial charge < -0.3 is 20.2 Å². The van der Waals surface area contributed by atoms with E-state index >= 15 is 0 Å². The van der Waals surface area contributed by atoms with Gasteiger partial charge in [0.05, 0.1) is 19.4 Å². The third-order valence-electron chi connectivity index (χ3n) is 2.71. The van der Waals surface area contributed by atoms with E-state index in [0.29, 0.717) is 13.1 Å². The molecule has 0 aliphatic heterocycles. The van der Waals surface area contributed by atoms with E-state index in [-0.39, 0.29) is 5.75 Å². The van der Waals surface area contributed by atoms with Gasteiger partial charge >= 0.3 is 0 Å². The summed E-state index contributed by atoms with van der Waals surface area (Å²) in [5.41, 5.74) is 1.04. The van der Waals surface area contributed by atoms with Gasteiger partial charge in [-0.3, -0.25) is 0 Å². The van der Waals surface area contributed by atoms with Gasteiger partial charge in [-0.2, -0.15) is 0 Å². The minimum atomic E-state index is 0.264. The molecule has 0 atom stereocenters. The lowest BCUT2D eigenvalue weighted by atomic mass is 10.2. The van der Waals surface area contributed by atoms with Crippen molar-refractivity contribution in [1.29, 1.82) is 0 Å². The summed E-state index contributed by atoms with van der Waals surface area (Å²) in [6.45, 7) is 3.95. The lowest BCUT2D eigenvalue weighted by Crippen LogP contribution is -2.36. The molecule has 106 valence electrons. The van der Waals surface area contributed by atoms with Crippen LogP contribution in [0.4, 0.5) is 0 Å². The first-order valence-corrected chi connectivity index (χ1v) is 6.60. The van der Waals surface area contributed by atoms with Gasteiger partial charge in [0.15, 0.2) is 5.96 Å². The van der Waals surface area contributed by atoms with Crippen LogP contribution in [0.5, 0.6) is 5.75 Å². The Labute approximate surface area is 118 Å².